The Morgan fingerprint density at radius 1 is 1.12 bits per heavy atom. The van der Waals surface area contributed by atoms with Crippen LogP contribution < -0.4 is 10.1 Å². The first-order chi connectivity index (χ1) is 18.9. The van der Waals surface area contributed by atoms with Gasteiger partial charge in [0.05, 0.1) is 24.8 Å². The lowest BCUT2D eigenvalue weighted by molar-refractivity contribution is -0.199. The highest BCUT2D eigenvalue weighted by atomic mass is 19.4. The lowest BCUT2D eigenvalue weighted by Crippen LogP contribution is -2.65. The molecule has 12 heteroatoms. The Labute approximate surface area is 239 Å². The lowest BCUT2D eigenvalue weighted by Gasteiger charge is -2.64. The van der Waals surface area contributed by atoms with Crippen LogP contribution in [-0.2, 0) is 30.1 Å². The molecule has 2 bridgehead atoms. The van der Waals surface area contributed by atoms with E-state index in [1.165, 1.54) is 7.11 Å². The maximum atomic E-state index is 12.9. The van der Waals surface area contributed by atoms with Crippen molar-refractivity contribution in [3.63, 3.8) is 0 Å². The van der Waals surface area contributed by atoms with Crippen molar-refractivity contribution >= 4 is 24.8 Å². The van der Waals surface area contributed by atoms with Crippen LogP contribution in [-0.4, -0.2) is 61.3 Å². The predicted molar refractivity (Wildman–Crippen MR) is 144 cm³/mol. The van der Waals surface area contributed by atoms with Gasteiger partial charge in [-0.05, 0) is 75.8 Å². The molecule has 4 aliphatic rings. The van der Waals surface area contributed by atoms with Crippen molar-refractivity contribution in [2.75, 3.05) is 7.11 Å². The second-order valence-electron chi connectivity index (χ2n) is 13.1. The molecule has 1 heterocycles. The number of benzene rings is 1. The SMILES string of the molecule is COc1c(CC(NC(=O)CCC(=O)C(F)(F)F)B2OC3CC4CC(C4(C)C)C3(C)O2)cccc1C(=O)OC(C)(C)C. The van der Waals surface area contributed by atoms with E-state index in [9.17, 15) is 27.6 Å². The Balaban J connectivity index is 1.59. The van der Waals surface area contributed by atoms with Crippen molar-refractivity contribution in [1.82, 2.24) is 5.32 Å². The minimum atomic E-state index is -5.01. The number of carbonyl (C=O) groups excluding carboxylic acids is 3. The fraction of sp³-hybridized carbons (Fsp3) is 0.690. The van der Waals surface area contributed by atoms with Gasteiger partial charge in [0.1, 0.15) is 16.9 Å². The monoisotopic (exact) mass is 581 g/mol. The van der Waals surface area contributed by atoms with Gasteiger partial charge < -0.3 is 24.1 Å². The minimum absolute atomic E-state index is 0.0746. The van der Waals surface area contributed by atoms with Crippen LogP contribution in [0.4, 0.5) is 13.2 Å². The molecule has 1 aliphatic heterocycles. The number of amides is 1. The molecule has 3 saturated carbocycles. The van der Waals surface area contributed by atoms with Gasteiger partial charge in [-0.25, -0.2) is 4.79 Å². The van der Waals surface area contributed by atoms with Gasteiger partial charge in [-0.1, -0.05) is 26.0 Å². The van der Waals surface area contributed by atoms with Gasteiger partial charge in [-0.3, -0.25) is 9.59 Å². The van der Waals surface area contributed by atoms with Gasteiger partial charge in [0.2, 0.25) is 11.7 Å². The van der Waals surface area contributed by atoms with Crippen molar-refractivity contribution in [2.24, 2.45) is 17.3 Å². The summed E-state index contributed by atoms with van der Waals surface area (Å²) in [6.45, 7) is 11.7. The zero-order chi connectivity index (χ0) is 30.5. The normalized spacial score (nSPS) is 27.4. The van der Waals surface area contributed by atoms with Gasteiger partial charge in [0, 0.05) is 12.8 Å². The van der Waals surface area contributed by atoms with E-state index < -0.39 is 60.9 Å². The fourth-order valence-corrected chi connectivity index (χ4v) is 6.65. The average Bonchev–Trinajstić information content (AvgIpc) is 3.22. The first-order valence-corrected chi connectivity index (χ1v) is 14.0. The number of rotatable bonds is 9. The summed E-state index contributed by atoms with van der Waals surface area (Å²) in [6.07, 6.45) is -4.92. The quantitative estimate of drug-likeness (QED) is 0.329. The number of esters is 1. The number of methoxy groups -OCH3 is 1. The van der Waals surface area contributed by atoms with Crippen LogP contribution in [0.5, 0.6) is 5.75 Å². The second-order valence-corrected chi connectivity index (χ2v) is 13.1. The van der Waals surface area contributed by atoms with Crippen molar-refractivity contribution in [3.8, 4) is 5.75 Å². The zero-order valence-corrected chi connectivity index (χ0v) is 24.6. The number of ether oxygens (including phenoxy) is 2. The van der Waals surface area contributed by atoms with Crippen LogP contribution >= 0.6 is 0 Å². The highest BCUT2D eigenvalue weighted by Gasteiger charge is 2.68. The third-order valence-corrected chi connectivity index (χ3v) is 8.90. The fourth-order valence-electron chi connectivity index (χ4n) is 6.65. The van der Waals surface area contributed by atoms with Crippen molar-refractivity contribution in [1.29, 1.82) is 0 Å². The number of alkyl halides is 3. The summed E-state index contributed by atoms with van der Waals surface area (Å²) in [5.74, 6) is -3.16. The topological polar surface area (TPSA) is 100 Å². The van der Waals surface area contributed by atoms with E-state index in [0.29, 0.717) is 11.5 Å². The largest absolute Gasteiger partial charge is 0.496 e. The highest BCUT2D eigenvalue weighted by Crippen LogP contribution is 2.65. The molecule has 3 aliphatic carbocycles. The van der Waals surface area contributed by atoms with E-state index in [2.05, 4.69) is 19.2 Å². The number of para-hydroxylation sites is 1. The van der Waals surface area contributed by atoms with Crippen molar-refractivity contribution in [2.45, 2.75) is 103 Å². The van der Waals surface area contributed by atoms with Crippen molar-refractivity contribution < 1.29 is 46.3 Å². The molecule has 4 fully saturated rings. The third kappa shape index (κ3) is 6.28. The first-order valence-electron chi connectivity index (χ1n) is 14.0. The van der Waals surface area contributed by atoms with Crippen LogP contribution in [0.25, 0.3) is 0 Å². The number of hydrogen-bond acceptors (Lipinski definition) is 7. The van der Waals surface area contributed by atoms with E-state index in [-0.39, 0.29) is 35.2 Å². The number of Topliss-reactive ketones (excluding diaryl/α,β-unsaturated/α-hetero) is 1. The second kappa shape index (κ2) is 10.9. The predicted octanol–water partition coefficient (Wildman–Crippen LogP) is 4.86. The van der Waals surface area contributed by atoms with E-state index in [0.717, 1.165) is 12.8 Å². The molecule has 1 amide bonds. The summed E-state index contributed by atoms with van der Waals surface area (Å²) in [5.41, 5.74) is -0.526. The van der Waals surface area contributed by atoms with E-state index in [1.807, 2.05) is 6.92 Å². The molecular weight excluding hydrogens is 542 g/mol. The maximum absolute atomic E-state index is 12.9. The van der Waals surface area contributed by atoms with Crippen LogP contribution in [0.3, 0.4) is 0 Å². The van der Waals surface area contributed by atoms with E-state index in [1.54, 1.807) is 39.0 Å². The number of halogens is 3. The molecule has 41 heavy (non-hydrogen) atoms. The molecular formula is C29H39BF3NO7. The van der Waals surface area contributed by atoms with Gasteiger partial charge in [-0.2, -0.15) is 13.2 Å². The van der Waals surface area contributed by atoms with Gasteiger partial charge >= 0.3 is 19.3 Å². The Kier molecular flexibility index (Phi) is 8.34. The molecule has 5 unspecified atom stereocenters. The number of carbonyl (C=O) groups is 3. The van der Waals surface area contributed by atoms with Crippen LogP contribution in [0.15, 0.2) is 18.2 Å². The summed E-state index contributed by atoms with van der Waals surface area (Å²) in [7, 11) is 0.508. The van der Waals surface area contributed by atoms with Gasteiger partial charge in [0.25, 0.3) is 0 Å². The summed E-state index contributed by atoms with van der Waals surface area (Å²) >= 11 is 0. The summed E-state index contributed by atoms with van der Waals surface area (Å²) < 4.78 is 62.2. The molecule has 1 aromatic carbocycles. The van der Waals surface area contributed by atoms with Crippen LogP contribution in [0, 0.1) is 17.3 Å². The molecule has 0 radical (unpaired) electrons. The molecule has 5 rings (SSSR count). The Bertz CT molecular complexity index is 1200. The van der Waals surface area contributed by atoms with Crippen LogP contribution in [0.2, 0.25) is 0 Å². The molecule has 0 spiro atoms. The molecule has 0 aromatic heterocycles. The Morgan fingerprint density at radius 2 is 1.80 bits per heavy atom. The van der Waals surface area contributed by atoms with Gasteiger partial charge in [0.15, 0.2) is 0 Å². The first kappa shape index (κ1) is 31.3. The molecule has 8 nitrogen and oxygen atoms in total. The number of ketones is 1. The lowest BCUT2D eigenvalue weighted by atomic mass is 9.43. The van der Waals surface area contributed by atoms with E-state index >= 15 is 0 Å². The third-order valence-electron chi connectivity index (χ3n) is 8.90. The molecule has 1 aromatic rings. The number of nitrogens with one attached hydrogen (secondary N) is 1. The average molecular weight is 581 g/mol. The maximum Gasteiger partial charge on any atom is 0.482 e. The van der Waals surface area contributed by atoms with Crippen LogP contribution in [0.1, 0.15) is 83.1 Å². The molecule has 1 saturated heterocycles. The van der Waals surface area contributed by atoms with Gasteiger partial charge in [-0.15, -0.1) is 0 Å². The van der Waals surface area contributed by atoms with E-state index in [4.69, 9.17) is 18.8 Å². The van der Waals surface area contributed by atoms with Crippen molar-refractivity contribution in [3.05, 3.63) is 29.3 Å². The zero-order valence-electron chi connectivity index (χ0n) is 24.6. The molecule has 1 N–H and O–H groups in total. The molecule has 226 valence electrons. The smallest absolute Gasteiger partial charge is 0.482 e. The minimum Gasteiger partial charge on any atom is -0.496 e. The summed E-state index contributed by atoms with van der Waals surface area (Å²) in [5, 5.41) is 2.75. The highest BCUT2D eigenvalue weighted by molar-refractivity contribution is 6.48. The molecule has 5 atom stereocenters. The Morgan fingerprint density at radius 3 is 2.39 bits per heavy atom. The summed E-state index contributed by atoms with van der Waals surface area (Å²) in [4.78, 5) is 37.1. The number of hydrogen-bond donors (Lipinski definition) is 1. The standard InChI is InChI=1S/C29H39BF3NO7/c1-26(2,3)39-25(37)18-10-8-9-16(24(18)38-7)13-22(34-23(36)12-11-20(35)29(31,32)33)30-40-21-15-17-14-19(27(17,4)5)28(21,6)41-30/h8-10,17,19,21-22H,11-15H2,1-7H3,(H,34,36). The summed E-state index contributed by atoms with van der Waals surface area (Å²) in [6, 6.07) is 4.95. The Hall–Kier alpha value is -2.60.